The molecule has 0 aliphatic heterocycles. The zero-order valence-corrected chi connectivity index (χ0v) is 24.6. The molecule has 180 valence electrons. The Kier molecular flexibility index (Phi) is 7.93. The van der Waals surface area contributed by atoms with Crippen molar-refractivity contribution in [2.45, 2.75) is 110 Å². The van der Waals surface area contributed by atoms with E-state index in [2.05, 4.69) is 93.7 Å². The molecule has 32 heavy (non-hydrogen) atoms. The summed E-state index contributed by atoms with van der Waals surface area (Å²) in [5, 5.41) is 0.121. The third kappa shape index (κ3) is 5.72. The maximum absolute atomic E-state index is 13.7. The molecule has 0 saturated carbocycles. The molecule has 3 nitrogen and oxygen atoms in total. The molecule has 1 aromatic rings. The van der Waals surface area contributed by atoms with Gasteiger partial charge in [0.1, 0.15) is 0 Å². The Hall–Kier alpha value is -1.02. The SMILES string of the molecule is CC(C)=CCC1C(=O)c2ccccc2C(O[Si](C)(C)C(C)(C)C)C1O[Si](C)(C)C(C)(C)C. The lowest BCUT2D eigenvalue weighted by Gasteiger charge is -2.49. The molecule has 3 atom stereocenters. The van der Waals surface area contributed by atoms with Gasteiger partial charge in [-0.15, -0.1) is 0 Å². The van der Waals surface area contributed by atoms with Crippen LogP contribution in [0.1, 0.15) is 83.8 Å². The van der Waals surface area contributed by atoms with E-state index in [0.29, 0.717) is 6.42 Å². The molecule has 0 saturated heterocycles. The van der Waals surface area contributed by atoms with Gasteiger partial charge in [0.05, 0.1) is 18.1 Å². The average molecular weight is 475 g/mol. The number of fused-ring (bicyclic) bond motifs is 1. The summed E-state index contributed by atoms with van der Waals surface area (Å²) in [4.78, 5) is 13.7. The first-order valence-electron chi connectivity index (χ1n) is 12.0. The van der Waals surface area contributed by atoms with Gasteiger partial charge in [0.25, 0.3) is 0 Å². The van der Waals surface area contributed by atoms with Crippen LogP contribution in [0.2, 0.25) is 36.3 Å². The number of carbonyl (C=O) groups excluding carboxylic acids is 1. The molecule has 5 heteroatoms. The molecular formula is C27H46O3Si2. The number of benzene rings is 1. The van der Waals surface area contributed by atoms with E-state index in [-0.39, 0.29) is 34.0 Å². The largest absolute Gasteiger partial charge is 0.410 e. The lowest BCUT2D eigenvalue weighted by molar-refractivity contribution is -0.00506. The molecule has 1 aliphatic carbocycles. The summed E-state index contributed by atoms with van der Waals surface area (Å²) in [5.74, 6) is -0.0411. The van der Waals surface area contributed by atoms with Crippen molar-refractivity contribution in [1.29, 1.82) is 0 Å². The first kappa shape index (κ1) is 27.2. The van der Waals surface area contributed by atoms with Crippen molar-refractivity contribution in [3.05, 3.63) is 47.0 Å². The zero-order chi connectivity index (χ0) is 24.7. The molecule has 0 radical (unpaired) electrons. The molecule has 0 spiro atoms. The maximum Gasteiger partial charge on any atom is 0.193 e. The van der Waals surface area contributed by atoms with E-state index in [9.17, 15) is 4.79 Å². The van der Waals surface area contributed by atoms with Gasteiger partial charge >= 0.3 is 0 Å². The fourth-order valence-electron chi connectivity index (χ4n) is 3.60. The predicted octanol–water partition coefficient (Wildman–Crippen LogP) is 8.31. The van der Waals surface area contributed by atoms with Crippen LogP contribution in [0, 0.1) is 5.92 Å². The topological polar surface area (TPSA) is 35.5 Å². The van der Waals surface area contributed by atoms with Gasteiger partial charge in [-0.2, -0.15) is 0 Å². The Morgan fingerprint density at radius 3 is 1.91 bits per heavy atom. The summed E-state index contributed by atoms with van der Waals surface area (Å²) >= 11 is 0. The number of ketones is 1. The quantitative estimate of drug-likeness (QED) is 0.307. The van der Waals surface area contributed by atoms with E-state index in [4.69, 9.17) is 8.85 Å². The number of carbonyl (C=O) groups is 1. The van der Waals surface area contributed by atoms with Crippen LogP contribution in [0.4, 0.5) is 0 Å². The predicted molar refractivity (Wildman–Crippen MR) is 141 cm³/mol. The highest BCUT2D eigenvalue weighted by Crippen LogP contribution is 2.48. The van der Waals surface area contributed by atoms with Gasteiger partial charge in [0.15, 0.2) is 22.4 Å². The number of rotatable bonds is 6. The van der Waals surface area contributed by atoms with Crippen molar-refractivity contribution >= 4 is 22.4 Å². The molecule has 3 unspecified atom stereocenters. The van der Waals surface area contributed by atoms with Crippen LogP contribution in [-0.2, 0) is 8.85 Å². The van der Waals surface area contributed by atoms with E-state index in [0.717, 1.165) is 11.1 Å². The van der Waals surface area contributed by atoms with Crippen LogP contribution in [0.15, 0.2) is 35.9 Å². The molecule has 0 amide bonds. The second-order valence-electron chi connectivity index (χ2n) is 12.7. The monoisotopic (exact) mass is 474 g/mol. The van der Waals surface area contributed by atoms with Crippen molar-refractivity contribution in [2.75, 3.05) is 0 Å². The van der Waals surface area contributed by atoms with Crippen molar-refractivity contribution in [1.82, 2.24) is 0 Å². The molecule has 1 aromatic carbocycles. The maximum atomic E-state index is 13.7. The zero-order valence-electron chi connectivity index (χ0n) is 22.6. The summed E-state index contributed by atoms with van der Waals surface area (Å²) in [6, 6.07) is 8.03. The van der Waals surface area contributed by atoms with Crippen LogP contribution in [0.3, 0.4) is 0 Å². The van der Waals surface area contributed by atoms with E-state index >= 15 is 0 Å². The highest BCUT2D eigenvalue weighted by Gasteiger charge is 2.51. The van der Waals surface area contributed by atoms with Gasteiger partial charge in [-0.3, -0.25) is 4.79 Å². The van der Waals surface area contributed by atoms with Gasteiger partial charge in [0.2, 0.25) is 0 Å². The lowest BCUT2D eigenvalue weighted by atomic mass is 9.77. The Labute approximate surface area is 199 Å². The normalized spacial score (nSPS) is 22.5. The summed E-state index contributed by atoms with van der Waals surface area (Å²) in [7, 11) is -4.25. The summed E-state index contributed by atoms with van der Waals surface area (Å²) in [6.07, 6.45) is 2.37. The van der Waals surface area contributed by atoms with Crippen LogP contribution >= 0.6 is 0 Å². The lowest BCUT2D eigenvalue weighted by Crippen LogP contribution is -2.53. The van der Waals surface area contributed by atoms with Crippen LogP contribution < -0.4 is 0 Å². The number of Topliss-reactive ketones (excluding diaryl/α,β-unsaturated/α-hetero) is 1. The number of allylic oxidation sites excluding steroid dienone is 2. The van der Waals surface area contributed by atoms with Gasteiger partial charge in [-0.1, -0.05) is 77.5 Å². The molecule has 0 bridgehead atoms. The van der Waals surface area contributed by atoms with Crippen molar-refractivity contribution < 1.29 is 13.6 Å². The smallest absolute Gasteiger partial charge is 0.193 e. The molecule has 2 rings (SSSR count). The Morgan fingerprint density at radius 2 is 1.41 bits per heavy atom. The molecule has 1 aliphatic rings. The second-order valence-corrected chi connectivity index (χ2v) is 22.2. The fourth-order valence-corrected chi connectivity index (χ4v) is 6.17. The first-order valence-corrected chi connectivity index (χ1v) is 17.8. The Morgan fingerprint density at radius 1 is 0.906 bits per heavy atom. The van der Waals surface area contributed by atoms with E-state index < -0.39 is 16.6 Å². The molecule has 0 aromatic heterocycles. The molecule has 0 N–H and O–H groups in total. The van der Waals surface area contributed by atoms with Crippen LogP contribution in [-0.4, -0.2) is 28.5 Å². The third-order valence-corrected chi connectivity index (χ3v) is 16.7. The minimum absolute atomic E-state index is 0.0512. The van der Waals surface area contributed by atoms with Gasteiger partial charge in [0, 0.05) is 5.56 Å². The Balaban J connectivity index is 2.68. The van der Waals surface area contributed by atoms with Crippen LogP contribution in [0.5, 0.6) is 0 Å². The van der Waals surface area contributed by atoms with Crippen LogP contribution in [0.25, 0.3) is 0 Å². The van der Waals surface area contributed by atoms with E-state index in [1.807, 2.05) is 18.2 Å². The highest BCUT2D eigenvalue weighted by molar-refractivity contribution is 6.74. The van der Waals surface area contributed by atoms with Gasteiger partial charge < -0.3 is 8.85 Å². The fraction of sp³-hybridized carbons (Fsp3) is 0.667. The van der Waals surface area contributed by atoms with E-state index in [1.54, 1.807) is 0 Å². The minimum atomic E-state index is -2.14. The van der Waals surface area contributed by atoms with Crippen molar-refractivity contribution in [3.63, 3.8) is 0 Å². The van der Waals surface area contributed by atoms with Gasteiger partial charge in [-0.05, 0) is 62.1 Å². The van der Waals surface area contributed by atoms with Gasteiger partial charge in [-0.25, -0.2) is 0 Å². The Bertz CT molecular complexity index is 852. The molecule has 0 fully saturated rings. The summed E-state index contributed by atoms with van der Waals surface area (Å²) < 4.78 is 14.2. The van der Waals surface area contributed by atoms with Crippen molar-refractivity contribution in [3.8, 4) is 0 Å². The number of hydrogen-bond acceptors (Lipinski definition) is 3. The summed E-state index contributed by atoms with van der Waals surface area (Å²) in [6.45, 7) is 26.9. The average Bonchev–Trinajstić information content (AvgIpc) is 2.62. The summed E-state index contributed by atoms with van der Waals surface area (Å²) in [5.41, 5.74) is 3.03. The molecular weight excluding hydrogens is 428 g/mol. The highest BCUT2D eigenvalue weighted by atomic mass is 28.4. The van der Waals surface area contributed by atoms with Crippen molar-refractivity contribution in [2.24, 2.45) is 5.92 Å². The minimum Gasteiger partial charge on any atom is -0.410 e. The second kappa shape index (κ2) is 9.32. The van der Waals surface area contributed by atoms with E-state index in [1.165, 1.54) is 5.57 Å². The third-order valence-electron chi connectivity index (χ3n) is 7.81. The standard InChI is InChI=1S/C27H46O3Si2/c1-19(2)17-18-22-23(28)20-15-13-14-16-21(20)24(29-31(9,10)26(3,4)5)25(22)30-32(11,12)27(6,7)8/h13-17,22,24-25H,18H2,1-12H3. The first-order chi connectivity index (χ1) is 14.4. The number of hydrogen-bond donors (Lipinski definition) is 0. The molecule has 0 heterocycles.